The molecule has 0 bridgehead atoms. The van der Waals surface area contributed by atoms with Crippen LogP contribution in [0.25, 0.3) is 0 Å². The highest BCUT2D eigenvalue weighted by atomic mass is 35.5. The molecule has 5 N–H and O–H groups in total. The van der Waals surface area contributed by atoms with Crippen molar-refractivity contribution in [3.05, 3.63) is 51.7 Å². The van der Waals surface area contributed by atoms with E-state index in [4.69, 9.17) is 36.3 Å². The molecular weight excluding hydrogens is 572 g/mol. The van der Waals surface area contributed by atoms with Crippen molar-refractivity contribution in [2.75, 3.05) is 21.3 Å². The van der Waals surface area contributed by atoms with Gasteiger partial charge < -0.3 is 40.2 Å². The summed E-state index contributed by atoms with van der Waals surface area (Å²) in [5, 5.41) is 24.5. The van der Waals surface area contributed by atoms with Crippen molar-refractivity contribution in [2.45, 2.75) is 44.2 Å². The number of nitrogens with one attached hydrogen (secondary N) is 1. The van der Waals surface area contributed by atoms with Crippen LogP contribution in [0.15, 0.2) is 35.6 Å². The summed E-state index contributed by atoms with van der Waals surface area (Å²) in [6.07, 6.45) is -0.679. The van der Waals surface area contributed by atoms with Crippen LogP contribution in [-0.4, -0.2) is 66.6 Å². The first kappa shape index (κ1) is 30.5. The lowest BCUT2D eigenvalue weighted by Gasteiger charge is -2.38. The number of fused-ring (bicyclic) bond motifs is 1. The standard InChI is InChI=1S/C29H31ClN2O10/c1-12-8-17(34)22(15(10-21(35)32-13(2)28(31)38)14-6-7-16(33)18(9-14)39-3)26(36)29(12)27(37)23-19(40-4)11-20(41-5)24(30)25(23)42-29/h6-7,9,11-13,15,33,36H,8,10H2,1-5H3,(H2,31,38)(H,32,35)/t12-,13+,15?,29+/m1/s1. The van der Waals surface area contributed by atoms with Gasteiger partial charge in [-0.15, -0.1) is 0 Å². The molecule has 2 aliphatic rings. The van der Waals surface area contributed by atoms with Gasteiger partial charge in [-0.2, -0.15) is 0 Å². The number of methoxy groups -OCH3 is 3. The van der Waals surface area contributed by atoms with E-state index in [0.717, 1.165) is 0 Å². The van der Waals surface area contributed by atoms with Gasteiger partial charge in [0.2, 0.25) is 23.2 Å². The molecule has 13 heteroatoms. The van der Waals surface area contributed by atoms with Gasteiger partial charge in [-0.1, -0.05) is 24.6 Å². The summed E-state index contributed by atoms with van der Waals surface area (Å²) in [7, 11) is 4.04. The van der Waals surface area contributed by atoms with Crippen LogP contribution >= 0.6 is 11.6 Å². The van der Waals surface area contributed by atoms with E-state index in [-0.39, 0.29) is 51.3 Å². The number of ether oxygens (including phenoxy) is 4. The first-order valence-electron chi connectivity index (χ1n) is 12.9. The highest BCUT2D eigenvalue weighted by molar-refractivity contribution is 6.35. The normalized spacial score (nSPS) is 21.0. The van der Waals surface area contributed by atoms with E-state index in [1.165, 1.54) is 52.5 Å². The van der Waals surface area contributed by atoms with Gasteiger partial charge in [-0.25, -0.2) is 0 Å². The largest absolute Gasteiger partial charge is 0.507 e. The number of aromatic hydroxyl groups is 1. The summed E-state index contributed by atoms with van der Waals surface area (Å²) in [6, 6.07) is 4.54. The third-order valence-corrected chi connectivity index (χ3v) is 8.02. The monoisotopic (exact) mass is 602 g/mol. The number of benzene rings is 2. The van der Waals surface area contributed by atoms with Crippen molar-refractivity contribution in [2.24, 2.45) is 11.7 Å². The lowest BCUT2D eigenvalue weighted by molar-refractivity contribution is -0.127. The van der Waals surface area contributed by atoms with Crippen LogP contribution in [0.2, 0.25) is 5.02 Å². The fraction of sp³-hybridized carbons (Fsp3) is 0.379. The Morgan fingerprint density at radius 1 is 1.12 bits per heavy atom. The van der Waals surface area contributed by atoms with Crippen molar-refractivity contribution in [3.63, 3.8) is 0 Å². The number of amides is 2. The number of primary amides is 1. The van der Waals surface area contributed by atoms with Gasteiger partial charge in [0.1, 0.15) is 28.1 Å². The minimum atomic E-state index is -2.08. The molecule has 1 spiro atoms. The van der Waals surface area contributed by atoms with Gasteiger partial charge in [0.15, 0.2) is 28.8 Å². The smallest absolute Gasteiger partial charge is 0.239 e. The topological polar surface area (TPSA) is 184 Å². The number of carbonyl (C=O) groups excluding carboxylic acids is 4. The maximum Gasteiger partial charge on any atom is 0.239 e. The second-order valence-electron chi connectivity index (χ2n) is 10.1. The van der Waals surface area contributed by atoms with Gasteiger partial charge in [0.25, 0.3) is 0 Å². The number of ketones is 2. The highest BCUT2D eigenvalue weighted by Crippen LogP contribution is 2.56. The maximum atomic E-state index is 14.1. The molecule has 2 aromatic rings. The molecule has 42 heavy (non-hydrogen) atoms. The van der Waals surface area contributed by atoms with Crippen LogP contribution < -0.4 is 30.0 Å². The number of hydrogen-bond acceptors (Lipinski definition) is 10. The Bertz CT molecular complexity index is 1520. The van der Waals surface area contributed by atoms with E-state index in [1.54, 1.807) is 6.92 Å². The van der Waals surface area contributed by atoms with E-state index in [9.17, 15) is 29.4 Å². The Morgan fingerprint density at radius 3 is 2.36 bits per heavy atom. The number of hydrogen-bond donors (Lipinski definition) is 4. The summed E-state index contributed by atoms with van der Waals surface area (Å²) >= 11 is 6.51. The lowest BCUT2D eigenvalue weighted by Crippen LogP contribution is -2.53. The molecule has 1 unspecified atom stereocenters. The number of allylic oxidation sites excluding steroid dienone is 1. The Balaban J connectivity index is 1.93. The third kappa shape index (κ3) is 4.85. The van der Waals surface area contributed by atoms with E-state index >= 15 is 0 Å². The van der Waals surface area contributed by atoms with E-state index < -0.39 is 59.0 Å². The number of phenolic OH excluding ortho intramolecular Hbond substituents is 1. The number of aliphatic hydroxyl groups excluding tert-OH is 1. The summed E-state index contributed by atoms with van der Waals surface area (Å²) < 4.78 is 22.1. The number of rotatable bonds is 9. The predicted molar refractivity (Wildman–Crippen MR) is 150 cm³/mol. The molecule has 0 radical (unpaired) electrons. The summed E-state index contributed by atoms with van der Waals surface area (Å²) in [5.74, 6) is -5.40. The zero-order valence-corrected chi connectivity index (χ0v) is 24.3. The molecule has 0 aromatic heterocycles. The minimum absolute atomic E-state index is 0.0309. The average Bonchev–Trinajstić information content (AvgIpc) is 3.26. The van der Waals surface area contributed by atoms with Crippen molar-refractivity contribution in [1.82, 2.24) is 5.32 Å². The summed E-state index contributed by atoms with van der Waals surface area (Å²) in [6.45, 7) is 2.97. The molecule has 0 saturated carbocycles. The molecule has 2 aromatic carbocycles. The van der Waals surface area contributed by atoms with Crippen molar-refractivity contribution < 1.29 is 48.3 Å². The number of aliphatic hydroxyl groups is 1. The van der Waals surface area contributed by atoms with E-state index in [1.807, 2.05) is 0 Å². The van der Waals surface area contributed by atoms with Crippen molar-refractivity contribution in [3.8, 4) is 28.7 Å². The quantitative estimate of drug-likeness (QED) is 0.333. The second-order valence-corrected chi connectivity index (χ2v) is 10.5. The predicted octanol–water partition coefficient (Wildman–Crippen LogP) is 2.97. The molecular formula is C29H31ClN2O10. The van der Waals surface area contributed by atoms with Gasteiger partial charge in [0, 0.05) is 36.3 Å². The van der Waals surface area contributed by atoms with Crippen LogP contribution in [-0.2, 0) is 14.4 Å². The number of Topliss-reactive ketones (excluding diaryl/α,β-unsaturated/α-hetero) is 2. The first-order valence-corrected chi connectivity index (χ1v) is 13.3. The van der Waals surface area contributed by atoms with Crippen molar-refractivity contribution in [1.29, 1.82) is 0 Å². The highest BCUT2D eigenvalue weighted by Gasteiger charge is 2.61. The summed E-state index contributed by atoms with van der Waals surface area (Å²) in [5.41, 5.74) is 3.21. The third-order valence-electron chi connectivity index (χ3n) is 7.66. The average molecular weight is 603 g/mol. The second kappa shape index (κ2) is 11.4. The van der Waals surface area contributed by atoms with Crippen LogP contribution in [0.4, 0.5) is 0 Å². The van der Waals surface area contributed by atoms with Crippen LogP contribution in [0.1, 0.15) is 48.5 Å². The zero-order chi connectivity index (χ0) is 31.1. The number of halogens is 1. The molecule has 12 nitrogen and oxygen atoms in total. The number of carbonyl (C=O) groups is 4. The van der Waals surface area contributed by atoms with Gasteiger partial charge in [0.05, 0.1) is 21.3 Å². The van der Waals surface area contributed by atoms with Gasteiger partial charge >= 0.3 is 0 Å². The Kier molecular flexibility index (Phi) is 8.31. The summed E-state index contributed by atoms with van der Waals surface area (Å²) in [4.78, 5) is 52.4. The van der Waals surface area contributed by atoms with Gasteiger partial charge in [-0.3, -0.25) is 19.2 Å². The fourth-order valence-electron chi connectivity index (χ4n) is 5.39. The van der Waals surface area contributed by atoms with Crippen LogP contribution in [0, 0.1) is 5.92 Å². The number of phenols is 1. The van der Waals surface area contributed by atoms with Gasteiger partial charge in [-0.05, 0) is 24.6 Å². The molecule has 4 rings (SSSR count). The molecule has 224 valence electrons. The molecule has 0 fully saturated rings. The van der Waals surface area contributed by atoms with Crippen LogP contribution in [0.3, 0.4) is 0 Å². The molecule has 2 amide bonds. The van der Waals surface area contributed by atoms with Crippen LogP contribution in [0.5, 0.6) is 28.7 Å². The Morgan fingerprint density at radius 2 is 1.76 bits per heavy atom. The molecule has 4 atom stereocenters. The lowest BCUT2D eigenvalue weighted by atomic mass is 9.69. The maximum absolute atomic E-state index is 14.1. The minimum Gasteiger partial charge on any atom is -0.507 e. The number of nitrogens with two attached hydrogens (primary N) is 1. The molecule has 1 heterocycles. The van der Waals surface area contributed by atoms with E-state index in [0.29, 0.717) is 5.56 Å². The molecule has 0 saturated heterocycles. The molecule has 1 aliphatic carbocycles. The Hall–Kier alpha value is -4.45. The van der Waals surface area contributed by atoms with E-state index in [2.05, 4.69) is 5.32 Å². The fourth-order valence-corrected chi connectivity index (χ4v) is 5.66. The molecule has 1 aliphatic heterocycles. The van der Waals surface area contributed by atoms with Crippen molar-refractivity contribution >= 4 is 35.0 Å². The Labute approximate surface area is 246 Å². The first-order chi connectivity index (χ1) is 19.8. The SMILES string of the molecule is COc1cc(C(CC(=O)N[C@@H](C)C(N)=O)C2=C(O)[C@@]3(Oc4c(Cl)c(OC)cc(OC)c4C3=O)[C@H](C)CC2=O)ccc1O. The zero-order valence-electron chi connectivity index (χ0n) is 23.6.